The van der Waals surface area contributed by atoms with Gasteiger partial charge in [0.1, 0.15) is 0 Å². The van der Waals surface area contributed by atoms with Gasteiger partial charge in [0.2, 0.25) is 0 Å². The highest BCUT2D eigenvalue weighted by Crippen LogP contribution is 2.59. The first-order valence-electron chi connectivity index (χ1n) is 7.07. The molecule has 1 N–H and O–H groups in total. The van der Waals surface area contributed by atoms with Crippen molar-refractivity contribution < 1.29 is 0 Å². The molecule has 15 heavy (non-hydrogen) atoms. The van der Waals surface area contributed by atoms with Crippen LogP contribution < -0.4 is 5.32 Å². The molecule has 0 aromatic rings. The Morgan fingerprint density at radius 1 is 1.00 bits per heavy atom. The fourth-order valence-corrected chi connectivity index (χ4v) is 4.55. The molecular weight excluding hydrogens is 182 g/mol. The zero-order valence-corrected chi connectivity index (χ0v) is 10.0. The topological polar surface area (TPSA) is 12.0 Å². The molecule has 0 amide bonds. The molecular formula is C14H25N. The molecule has 0 heterocycles. The van der Waals surface area contributed by atoms with Crippen molar-refractivity contribution >= 4 is 0 Å². The molecule has 86 valence electrons. The number of hydrogen-bond donors (Lipinski definition) is 1. The van der Waals surface area contributed by atoms with Crippen molar-refractivity contribution in [2.24, 2.45) is 23.7 Å². The Labute approximate surface area is 94.0 Å². The Hall–Kier alpha value is -0.0400. The fraction of sp³-hybridized carbons (Fsp3) is 1.00. The number of nitrogens with one attached hydrogen (secondary N) is 1. The SMILES string of the molecule is CNC(CC1CCCC1)C1C2CCCC21. The summed E-state index contributed by atoms with van der Waals surface area (Å²) in [6, 6.07) is 0.864. The highest BCUT2D eigenvalue weighted by Gasteiger charge is 2.55. The Morgan fingerprint density at radius 2 is 1.67 bits per heavy atom. The first-order valence-corrected chi connectivity index (χ1v) is 7.07. The summed E-state index contributed by atoms with van der Waals surface area (Å²) in [5, 5.41) is 3.62. The predicted octanol–water partition coefficient (Wildman–Crippen LogP) is 3.20. The highest BCUT2D eigenvalue weighted by molar-refractivity contribution is 5.06. The first-order chi connectivity index (χ1) is 7.40. The van der Waals surface area contributed by atoms with Crippen LogP contribution in [0, 0.1) is 23.7 Å². The van der Waals surface area contributed by atoms with E-state index in [0.29, 0.717) is 0 Å². The van der Waals surface area contributed by atoms with E-state index in [1.54, 1.807) is 0 Å². The molecule has 3 fully saturated rings. The van der Waals surface area contributed by atoms with Gasteiger partial charge in [-0.2, -0.15) is 0 Å². The van der Waals surface area contributed by atoms with Crippen LogP contribution in [0.1, 0.15) is 51.4 Å². The van der Waals surface area contributed by atoms with Crippen LogP contribution >= 0.6 is 0 Å². The lowest BCUT2D eigenvalue weighted by molar-refractivity contribution is 0.344. The molecule has 0 spiro atoms. The molecule has 1 nitrogen and oxygen atoms in total. The zero-order chi connectivity index (χ0) is 10.3. The van der Waals surface area contributed by atoms with Gasteiger partial charge in [0.15, 0.2) is 0 Å². The van der Waals surface area contributed by atoms with Crippen molar-refractivity contribution in [2.45, 2.75) is 57.4 Å². The fourth-order valence-electron chi connectivity index (χ4n) is 4.55. The average Bonchev–Trinajstić information content (AvgIpc) is 2.73. The van der Waals surface area contributed by atoms with Gasteiger partial charge >= 0.3 is 0 Å². The number of fused-ring (bicyclic) bond motifs is 1. The van der Waals surface area contributed by atoms with Gasteiger partial charge in [-0.05, 0) is 50.0 Å². The molecule has 0 saturated heterocycles. The van der Waals surface area contributed by atoms with Gasteiger partial charge in [0, 0.05) is 6.04 Å². The molecule has 3 unspecified atom stereocenters. The third kappa shape index (κ3) is 1.84. The van der Waals surface area contributed by atoms with E-state index in [1.165, 1.54) is 51.4 Å². The molecule has 0 radical (unpaired) electrons. The smallest absolute Gasteiger partial charge is 0.0100 e. The Morgan fingerprint density at radius 3 is 2.27 bits per heavy atom. The van der Waals surface area contributed by atoms with Crippen LogP contribution in [0.2, 0.25) is 0 Å². The normalized spacial score (nSPS) is 41.8. The van der Waals surface area contributed by atoms with Crippen LogP contribution in [-0.2, 0) is 0 Å². The maximum atomic E-state index is 3.62. The predicted molar refractivity (Wildman–Crippen MR) is 63.7 cm³/mol. The number of hydrogen-bond acceptors (Lipinski definition) is 1. The molecule has 0 bridgehead atoms. The van der Waals surface area contributed by atoms with Crippen LogP contribution in [-0.4, -0.2) is 13.1 Å². The van der Waals surface area contributed by atoms with E-state index in [-0.39, 0.29) is 0 Å². The van der Waals surface area contributed by atoms with Gasteiger partial charge in [0.25, 0.3) is 0 Å². The van der Waals surface area contributed by atoms with Gasteiger partial charge in [0.05, 0.1) is 0 Å². The second-order valence-corrected chi connectivity index (χ2v) is 6.12. The van der Waals surface area contributed by atoms with E-state index >= 15 is 0 Å². The van der Waals surface area contributed by atoms with Crippen molar-refractivity contribution in [3.8, 4) is 0 Å². The maximum absolute atomic E-state index is 3.62. The molecule has 3 saturated carbocycles. The lowest BCUT2D eigenvalue weighted by atomic mass is 9.92. The highest BCUT2D eigenvalue weighted by atomic mass is 14.9. The molecule has 0 aromatic heterocycles. The van der Waals surface area contributed by atoms with Gasteiger partial charge in [-0.3, -0.25) is 0 Å². The first kappa shape index (κ1) is 10.1. The summed E-state index contributed by atoms with van der Waals surface area (Å²) in [7, 11) is 2.19. The van der Waals surface area contributed by atoms with E-state index in [9.17, 15) is 0 Å². The summed E-state index contributed by atoms with van der Waals surface area (Å²) >= 11 is 0. The van der Waals surface area contributed by atoms with E-state index < -0.39 is 0 Å². The van der Waals surface area contributed by atoms with Crippen LogP contribution in [0.15, 0.2) is 0 Å². The minimum absolute atomic E-state index is 0.864. The minimum Gasteiger partial charge on any atom is -0.317 e. The minimum atomic E-state index is 0.864. The average molecular weight is 207 g/mol. The van der Waals surface area contributed by atoms with Crippen molar-refractivity contribution in [3.05, 3.63) is 0 Å². The van der Waals surface area contributed by atoms with Crippen LogP contribution in [0.25, 0.3) is 0 Å². The lowest BCUT2D eigenvalue weighted by Crippen LogP contribution is -2.31. The lowest BCUT2D eigenvalue weighted by Gasteiger charge is -2.21. The van der Waals surface area contributed by atoms with Gasteiger partial charge < -0.3 is 5.32 Å². The van der Waals surface area contributed by atoms with Gasteiger partial charge in [-0.25, -0.2) is 0 Å². The summed E-state index contributed by atoms with van der Waals surface area (Å²) in [4.78, 5) is 0. The van der Waals surface area contributed by atoms with Crippen LogP contribution in [0.4, 0.5) is 0 Å². The summed E-state index contributed by atoms with van der Waals surface area (Å²) in [5.74, 6) is 4.39. The second kappa shape index (κ2) is 4.08. The van der Waals surface area contributed by atoms with Crippen molar-refractivity contribution in [1.29, 1.82) is 0 Å². The molecule has 3 rings (SSSR count). The molecule has 0 aliphatic heterocycles. The molecule has 0 aromatic carbocycles. The molecule has 3 atom stereocenters. The Bertz CT molecular complexity index is 209. The Balaban J connectivity index is 1.53. The van der Waals surface area contributed by atoms with E-state index in [4.69, 9.17) is 0 Å². The van der Waals surface area contributed by atoms with Crippen molar-refractivity contribution in [3.63, 3.8) is 0 Å². The molecule has 1 heteroatoms. The quantitative estimate of drug-likeness (QED) is 0.746. The van der Waals surface area contributed by atoms with E-state index in [0.717, 1.165) is 29.7 Å². The third-order valence-electron chi connectivity index (χ3n) is 5.37. The summed E-state index contributed by atoms with van der Waals surface area (Å²) in [6.45, 7) is 0. The van der Waals surface area contributed by atoms with E-state index in [2.05, 4.69) is 12.4 Å². The number of rotatable bonds is 4. The molecule has 3 aliphatic rings. The van der Waals surface area contributed by atoms with Crippen molar-refractivity contribution in [1.82, 2.24) is 5.32 Å². The second-order valence-electron chi connectivity index (χ2n) is 6.12. The summed E-state index contributed by atoms with van der Waals surface area (Å²) in [6.07, 6.45) is 12.1. The standard InChI is InChI=1S/C14H25N/c1-15-13(9-10-5-2-3-6-10)14-11-7-4-8-12(11)14/h10-15H,2-9H2,1H3. The Kier molecular flexibility index (Phi) is 2.76. The van der Waals surface area contributed by atoms with Crippen LogP contribution in [0.3, 0.4) is 0 Å². The summed E-state index contributed by atoms with van der Waals surface area (Å²) < 4.78 is 0. The van der Waals surface area contributed by atoms with Gasteiger partial charge in [-0.1, -0.05) is 32.1 Å². The van der Waals surface area contributed by atoms with E-state index in [1.807, 2.05) is 0 Å². The monoisotopic (exact) mass is 207 g/mol. The largest absolute Gasteiger partial charge is 0.317 e. The zero-order valence-electron chi connectivity index (χ0n) is 10.0. The van der Waals surface area contributed by atoms with Crippen LogP contribution in [0.5, 0.6) is 0 Å². The summed E-state index contributed by atoms with van der Waals surface area (Å²) in [5.41, 5.74) is 0. The maximum Gasteiger partial charge on any atom is 0.0100 e. The molecule has 3 aliphatic carbocycles. The van der Waals surface area contributed by atoms with Gasteiger partial charge in [-0.15, -0.1) is 0 Å². The third-order valence-corrected chi connectivity index (χ3v) is 5.37. The van der Waals surface area contributed by atoms with Crippen molar-refractivity contribution in [2.75, 3.05) is 7.05 Å².